The third kappa shape index (κ3) is 6.50. The molecule has 1 aromatic carbocycles. The highest BCUT2D eigenvalue weighted by atomic mass is 32.2. The van der Waals surface area contributed by atoms with Crippen molar-refractivity contribution in [2.24, 2.45) is 5.92 Å². The van der Waals surface area contributed by atoms with Gasteiger partial charge in [-0.2, -0.15) is 10.5 Å². The van der Waals surface area contributed by atoms with E-state index in [0.29, 0.717) is 45.7 Å². The predicted octanol–water partition coefficient (Wildman–Crippen LogP) is 3.85. The lowest BCUT2D eigenvalue weighted by Gasteiger charge is -2.35. The molecule has 0 bridgehead atoms. The predicted molar refractivity (Wildman–Crippen MR) is 146 cm³/mol. The second-order valence-corrected chi connectivity index (χ2v) is 12.4. The molecule has 1 aromatic heterocycles. The molecular weight excluding hydrogens is 492 g/mol. The van der Waals surface area contributed by atoms with Gasteiger partial charge in [0.05, 0.1) is 23.1 Å². The molecule has 0 N–H and O–H groups in total. The van der Waals surface area contributed by atoms with Crippen LogP contribution in [0.5, 0.6) is 0 Å². The number of thioether (sulfide) groups is 1. The van der Waals surface area contributed by atoms with Gasteiger partial charge in [0.15, 0.2) is 0 Å². The first-order chi connectivity index (χ1) is 17.1. The fraction of sp³-hybridized carbons (Fsp3) is 0.500. The fourth-order valence-electron chi connectivity index (χ4n) is 4.58. The number of piperidine rings is 1. The zero-order valence-corrected chi connectivity index (χ0v) is 23.3. The van der Waals surface area contributed by atoms with Crippen LogP contribution in [0.2, 0.25) is 0 Å². The molecule has 36 heavy (non-hydrogen) atoms. The molecular formula is C26H34N6O2S2. The van der Waals surface area contributed by atoms with Crippen LogP contribution in [0.25, 0.3) is 0 Å². The molecule has 1 fully saturated rings. The molecule has 3 rings (SSSR count). The van der Waals surface area contributed by atoms with E-state index in [9.17, 15) is 18.9 Å². The molecule has 0 spiro atoms. The van der Waals surface area contributed by atoms with Crippen LogP contribution in [0.4, 0.5) is 11.5 Å². The van der Waals surface area contributed by atoms with Gasteiger partial charge in [-0.25, -0.2) is 13.4 Å². The summed E-state index contributed by atoms with van der Waals surface area (Å²) in [6.07, 6.45) is 3.95. The number of aromatic nitrogens is 1. The minimum atomic E-state index is -3.33. The first kappa shape index (κ1) is 27.8. The number of benzene rings is 1. The minimum absolute atomic E-state index is 0.470. The van der Waals surface area contributed by atoms with Gasteiger partial charge in [-0.15, -0.1) is 11.8 Å². The van der Waals surface area contributed by atoms with Crippen molar-refractivity contribution in [2.45, 2.75) is 37.0 Å². The summed E-state index contributed by atoms with van der Waals surface area (Å²) in [5.41, 5.74) is 3.32. The number of anilines is 2. The minimum Gasteiger partial charge on any atom is -0.355 e. The standard InChI is InChI=1S/C26H34N6O2S2/c1-6-22-23(14-27)25(32-13-7-8-20(17-32)16-30(2)3)29-26(24(22)15-28)35-18-19-9-11-21(12-10-19)31(4)36(5,33)34/h9-12,20H,6-8,13,16-18H2,1-5H3. The summed E-state index contributed by atoms with van der Waals surface area (Å²) in [5.74, 6) is 1.76. The lowest BCUT2D eigenvalue weighted by molar-refractivity contribution is 0.291. The molecule has 10 heteroatoms. The van der Waals surface area contributed by atoms with Gasteiger partial charge in [-0.05, 0) is 62.5 Å². The van der Waals surface area contributed by atoms with E-state index in [-0.39, 0.29) is 0 Å². The molecule has 2 heterocycles. The summed E-state index contributed by atoms with van der Waals surface area (Å²) in [5, 5.41) is 20.6. The van der Waals surface area contributed by atoms with Crippen molar-refractivity contribution in [3.8, 4) is 12.1 Å². The number of sulfonamides is 1. The third-order valence-corrected chi connectivity index (χ3v) is 8.69. The number of nitriles is 2. The topological polar surface area (TPSA) is 104 Å². The lowest BCUT2D eigenvalue weighted by atomic mass is 9.96. The quantitative estimate of drug-likeness (QED) is 0.454. The maximum absolute atomic E-state index is 11.8. The monoisotopic (exact) mass is 526 g/mol. The van der Waals surface area contributed by atoms with Crippen molar-refractivity contribution in [1.29, 1.82) is 10.5 Å². The van der Waals surface area contributed by atoms with Gasteiger partial charge in [-0.3, -0.25) is 4.31 Å². The maximum atomic E-state index is 11.8. The van der Waals surface area contributed by atoms with Crippen LogP contribution in [0, 0.1) is 28.6 Å². The van der Waals surface area contributed by atoms with Gasteiger partial charge in [0.2, 0.25) is 10.0 Å². The Labute approximate surface area is 219 Å². The van der Waals surface area contributed by atoms with Crippen molar-refractivity contribution in [3.05, 3.63) is 46.5 Å². The Balaban J connectivity index is 1.91. The molecule has 0 radical (unpaired) electrons. The Bertz CT molecular complexity index is 1260. The Hall–Kier alpha value is -2.79. The van der Waals surface area contributed by atoms with Gasteiger partial charge < -0.3 is 9.80 Å². The molecule has 8 nitrogen and oxygen atoms in total. The van der Waals surface area contributed by atoms with E-state index >= 15 is 0 Å². The smallest absolute Gasteiger partial charge is 0.231 e. The van der Waals surface area contributed by atoms with E-state index in [0.717, 1.165) is 43.6 Å². The highest BCUT2D eigenvalue weighted by Gasteiger charge is 2.27. The van der Waals surface area contributed by atoms with Crippen LogP contribution in [0.15, 0.2) is 29.3 Å². The van der Waals surface area contributed by atoms with Crippen LogP contribution < -0.4 is 9.21 Å². The maximum Gasteiger partial charge on any atom is 0.231 e. The number of nitrogens with zero attached hydrogens (tertiary/aromatic N) is 6. The molecule has 192 valence electrons. The van der Waals surface area contributed by atoms with Gasteiger partial charge in [0.25, 0.3) is 0 Å². The Morgan fingerprint density at radius 1 is 1.14 bits per heavy atom. The van der Waals surface area contributed by atoms with Crippen molar-refractivity contribution >= 4 is 33.3 Å². The Morgan fingerprint density at radius 2 is 1.81 bits per heavy atom. The van der Waals surface area contributed by atoms with Crippen molar-refractivity contribution in [2.75, 3.05) is 56.2 Å². The van der Waals surface area contributed by atoms with E-state index in [1.807, 2.05) is 19.1 Å². The summed E-state index contributed by atoms with van der Waals surface area (Å²) in [6, 6.07) is 12.0. The number of rotatable bonds is 9. The first-order valence-electron chi connectivity index (χ1n) is 12.0. The van der Waals surface area contributed by atoms with E-state index < -0.39 is 10.0 Å². The van der Waals surface area contributed by atoms with E-state index in [1.165, 1.54) is 29.4 Å². The van der Waals surface area contributed by atoms with Gasteiger partial charge >= 0.3 is 0 Å². The van der Waals surface area contributed by atoms with Gasteiger partial charge in [0, 0.05) is 32.4 Å². The van der Waals surface area contributed by atoms with Crippen LogP contribution >= 0.6 is 11.8 Å². The molecule has 0 aliphatic carbocycles. The average molecular weight is 527 g/mol. The molecule has 1 aliphatic rings. The summed E-state index contributed by atoms with van der Waals surface area (Å²) in [4.78, 5) is 9.31. The molecule has 1 atom stereocenters. The van der Waals surface area contributed by atoms with Crippen LogP contribution in [-0.2, 0) is 22.2 Å². The largest absolute Gasteiger partial charge is 0.355 e. The molecule has 2 aromatic rings. The summed E-state index contributed by atoms with van der Waals surface area (Å²) in [6.45, 7) is 4.65. The van der Waals surface area contributed by atoms with Crippen molar-refractivity contribution in [1.82, 2.24) is 9.88 Å². The zero-order chi connectivity index (χ0) is 26.5. The molecule has 0 saturated carbocycles. The normalized spacial score (nSPS) is 16.0. The zero-order valence-electron chi connectivity index (χ0n) is 21.7. The number of pyridine rings is 1. The number of hydrogen-bond donors (Lipinski definition) is 0. The fourth-order valence-corrected chi connectivity index (χ4v) is 6.05. The second kappa shape index (κ2) is 12.0. The Morgan fingerprint density at radius 3 is 2.36 bits per heavy atom. The van der Waals surface area contributed by atoms with Crippen molar-refractivity contribution in [3.63, 3.8) is 0 Å². The number of hydrogen-bond acceptors (Lipinski definition) is 8. The van der Waals surface area contributed by atoms with Gasteiger partial charge in [-0.1, -0.05) is 19.1 Å². The Kier molecular flexibility index (Phi) is 9.24. The SMILES string of the molecule is CCc1c(C#N)c(SCc2ccc(N(C)S(C)(=O)=O)cc2)nc(N2CCCC(CN(C)C)C2)c1C#N. The highest BCUT2D eigenvalue weighted by molar-refractivity contribution is 7.98. The lowest BCUT2D eigenvalue weighted by Crippen LogP contribution is -2.40. The first-order valence-corrected chi connectivity index (χ1v) is 14.8. The summed E-state index contributed by atoms with van der Waals surface area (Å²) in [7, 11) is 2.36. The average Bonchev–Trinajstić information content (AvgIpc) is 2.85. The van der Waals surface area contributed by atoms with E-state index in [1.54, 1.807) is 12.1 Å². The molecule has 1 aliphatic heterocycles. The van der Waals surface area contributed by atoms with Gasteiger partial charge in [0.1, 0.15) is 23.0 Å². The summed E-state index contributed by atoms with van der Waals surface area (Å²) < 4.78 is 24.8. The molecule has 0 amide bonds. The van der Waals surface area contributed by atoms with Crippen LogP contribution in [0.3, 0.4) is 0 Å². The molecule has 1 unspecified atom stereocenters. The van der Waals surface area contributed by atoms with E-state index in [2.05, 4.69) is 36.0 Å². The van der Waals surface area contributed by atoms with Crippen molar-refractivity contribution < 1.29 is 8.42 Å². The molecule has 1 saturated heterocycles. The summed E-state index contributed by atoms with van der Waals surface area (Å²) >= 11 is 1.47. The van der Waals surface area contributed by atoms with Crippen LogP contribution in [0.1, 0.15) is 42.0 Å². The second-order valence-electron chi connectivity index (χ2n) is 9.45. The highest BCUT2D eigenvalue weighted by Crippen LogP contribution is 2.35. The van der Waals surface area contributed by atoms with Crippen LogP contribution in [-0.4, -0.2) is 65.3 Å². The third-order valence-electron chi connectivity index (χ3n) is 6.44. The van der Waals surface area contributed by atoms with E-state index in [4.69, 9.17) is 4.98 Å².